The van der Waals surface area contributed by atoms with Crippen molar-refractivity contribution >= 4 is 7.82 Å². The van der Waals surface area contributed by atoms with Crippen LogP contribution in [0.5, 0.6) is 0 Å². The van der Waals surface area contributed by atoms with Gasteiger partial charge in [-0.05, 0) is 25.5 Å². The molecule has 0 bridgehead atoms. The summed E-state index contributed by atoms with van der Waals surface area (Å²) in [6, 6.07) is 7.49. The van der Waals surface area contributed by atoms with Crippen LogP contribution in [0, 0.1) is 0 Å². The smallest absolute Gasteiger partial charge is 0.303 e. The van der Waals surface area contributed by atoms with Crippen molar-refractivity contribution in [1.82, 2.24) is 5.32 Å². The summed E-state index contributed by atoms with van der Waals surface area (Å²) in [4.78, 5) is 18.2. The summed E-state index contributed by atoms with van der Waals surface area (Å²) in [5, 5.41) is 2.90. The Kier molecular flexibility index (Phi) is 5.08. The molecular weight excluding hydrogens is 253 g/mol. The van der Waals surface area contributed by atoms with Crippen LogP contribution in [0.15, 0.2) is 24.3 Å². The van der Waals surface area contributed by atoms with Gasteiger partial charge in [0.25, 0.3) is 0 Å². The van der Waals surface area contributed by atoms with E-state index in [0.717, 1.165) is 17.5 Å². The maximum Gasteiger partial charge on any atom is 0.471 e. The first kappa shape index (κ1) is 15.3. The van der Waals surface area contributed by atoms with Gasteiger partial charge in [0.2, 0.25) is 0 Å². The van der Waals surface area contributed by atoms with E-state index < -0.39 is 13.5 Å². The van der Waals surface area contributed by atoms with Crippen LogP contribution >= 0.6 is 7.82 Å². The van der Waals surface area contributed by atoms with Gasteiger partial charge >= 0.3 is 7.82 Å². The number of hydrogen-bond acceptors (Lipinski definition) is 3. The molecule has 0 fully saturated rings. The summed E-state index contributed by atoms with van der Waals surface area (Å²) >= 11 is 0. The minimum absolute atomic E-state index is 0.408. The van der Waals surface area contributed by atoms with Crippen molar-refractivity contribution in [2.45, 2.75) is 32.4 Å². The Morgan fingerprint density at radius 2 is 1.94 bits per heavy atom. The van der Waals surface area contributed by atoms with Gasteiger partial charge < -0.3 is 9.79 Å². The molecule has 1 unspecified atom stereocenters. The van der Waals surface area contributed by atoms with Gasteiger partial charge in [-0.2, -0.15) is 0 Å². The molecule has 1 aromatic carbocycles. The van der Waals surface area contributed by atoms with E-state index in [4.69, 9.17) is 14.3 Å². The number of phosphoric acid groups is 1. The van der Waals surface area contributed by atoms with Crippen LogP contribution in [0.1, 0.15) is 31.4 Å². The van der Waals surface area contributed by atoms with Gasteiger partial charge in [0.1, 0.15) is 0 Å². The van der Waals surface area contributed by atoms with Gasteiger partial charge in [0, 0.05) is 5.56 Å². The maximum absolute atomic E-state index is 11.2. The highest BCUT2D eigenvalue weighted by Crippen LogP contribution is 2.46. The average molecular weight is 273 g/mol. The second kappa shape index (κ2) is 5.95. The lowest BCUT2D eigenvalue weighted by molar-refractivity contribution is 0.00198. The molecule has 0 aliphatic heterocycles. The average Bonchev–Trinajstić information content (AvgIpc) is 2.35. The summed E-state index contributed by atoms with van der Waals surface area (Å²) < 4.78 is 16.2. The zero-order valence-corrected chi connectivity index (χ0v) is 11.8. The topological polar surface area (TPSA) is 78.8 Å². The fourth-order valence-corrected chi connectivity index (χ4v) is 2.81. The normalized spacial score (nSPS) is 15.4. The lowest BCUT2D eigenvalue weighted by Gasteiger charge is -2.34. The lowest BCUT2D eigenvalue weighted by atomic mass is 9.94. The second-order valence-electron chi connectivity index (χ2n) is 4.02. The fourth-order valence-electron chi connectivity index (χ4n) is 2.09. The van der Waals surface area contributed by atoms with Crippen LogP contribution in [-0.4, -0.2) is 16.8 Å². The third kappa shape index (κ3) is 3.40. The number of rotatable bonds is 6. The Hall–Kier alpha value is -0.710. The zero-order chi connectivity index (χ0) is 13.8. The summed E-state index contributed by atoms with van der Waals surface area (Å²) in [5.41, 5.74) is 0.606. The summed E-state index contributed by atoms with van der Waals surface area (Å²) in [5.74, 6) is 0. The first-order valence-electron chi connectivity index (χ1n) is 5.92. The van der Waals surface area contributed by atoms with Gasteiger partial charge in [-0.1, -0.05) is 38.1 Å². The Balaban J connectivity index is 3.30. The molecule has 102 valence electrons. The molecule has 0 spiro atoms. The Labute approximate surface area is 107 Å². The summed E-state index contributed by atoms with van der Waals surface area (Å²) in [7, 11) is -2.95. The highest BCUT2D eigenvalue weighted by Gasteiger charge is 2.38. The SMILES string of the molecule is CCc1ccccc1C(CC)(NC)OP(=O)(O)O. The maximum atomic E-state index is 11.2. The quantitative estimate of drug-likeness (QED) is 0.546. The molecule has 0 aliphatic carbocycles. The molecule has 1 atom stereocenters. The molecule has 0 radical (unpaired) electrons. The van der Waals surface area contributed by atoms with Gasteiger partial charge in [-0.15, -0.1) is 0 Å². The van der Waals surface area contributed by atoms with Crippen molar-refractivity contribution in [3.63, 3.8) is 0 Å². The molecule has 0 aromatic heterocycles. The molecule has 0 saturated heterocycles. The van der Waals surface area contributed by atoms with E-state index in [0.29, 0.717) is 6.42 Å². The highest BCUT2D eigenvalue weighted by molar-refractivity contribution is 7.46. The number of hydrogen-bond donors (Lipinski definition) is 3. The van der Waals surface area contributed by atoms with Crippen molar-refractivity contribution in [2.75, 3.05) is 7.05 Å². The van der Waals surface area contributed by atoms with Gasteiger partial charge in [-0.25, -0.2) is 4.57 Å². The first-order valence-corrected chi connectivity index (χ1v) is 7.45. The van der Waals surface area contributed by atoms with Gasteiger partial charge in [0.05, 0.1) is 0 Å². The summed E-state index contributed by atoms with van der Waals surface area (Å²) in [6.45, 7) is 3.81. The van der Waals surface area contributed by atoms with E-state index in [9.17, 15) is 4.57 Å². The van der Waals surface area contributed by atoms with Gasteiger partial charge in [-0.3, -0.25) is 9.84 Å². The van der Waals surface area contributed by atoms with E-state index in [1.807, 2.05) is 38.1 Å². The van der Waals surface area contributed by atoms with Crippen molar-refractivity contribution < 1.29 is 18.9 Å². The zero-order valence-electron chi connectivity index (χ0n) is 10.9. The molecule has 18 heavy (non-hydrogen) atoms. The van der Waals surface area contributed by atoms with Crippen molar-refractivity contribution in [3.8, 4) is 0 Å². The molecule has 0 amide bonds. The van der Waals surface area contributed by atoms with Crippen molar-refractivity contribution in [3.05, 3.63) is 35.4 Å². The van der Waals surface area contributed by atoms with Crippen LogP contribution in [0.25, 0.3) is 0 Å². The predicted molar refractivity (Wildman–Crippen MR) is 70.0 cm³/mol. The standard InChI is InChI=1S/C12H20NO4P/c1-4-10-8-6-7-9-11(10)12(5-2,13-3)17-18(14,15)16/h6-9,13H,4-5H2,1-3H3,(H2,14,15,16). The highest BCUT2D eigenvalue weighted by atomic mass is 31.2. The van der Waals surface area contributed by atoms with E-state index >= 15 is 0 Å². The van der Waals surface area contributed by atoms with Crippen LogP contribution in [0.2, 0.25) is 0 Å². The third-order valence-electron chi connectivity index (χ3n) is 3.01. The molecule has 3 N–H and O–H groups in total. The third-order valence-corrected chi connectivity index (χ3v) is 3.56. The lowest BCUT2D eigenvalue weighted by Crippen LogP contribution is -2.42. The Morgan fingerprint density at radius 3 is 2.39 bits per heavy atom. The van der Waals surface area contributed by atoms with Crippen LogP contribution in [-0.2, 0) is 21.2 Å². The van der Waals surface area contributed by atoms with Crippen LogP contribution in [0.3, 0.4) is 0 Å². The minimum atomic E-state index is -4.58. The minimum Gasteiger partial charge on any atom is -0.303 e. The molecular formula is C12H20NO4P. The Morgan fingerprint density at radius 1 is 1.33 bits per heavy atom. The molecule has 1 aromatic rings. The number of nitrogens with one attached hydrogen (secondary N) is 1. The largest absolute Gasteiger partial charge is 0.471 e. The predicted octanol–water partition coefficient (Wildman–Crippen LogP) is 2.14. The molecule has 1 rings (SSSR count). The first-order chi connectivity index (χ1) is 8.38. The van der Waals surface area contributed by atoms with Crippen molar-refractivity contribution in [1.29, 1.82) is 0 Å². The molecule has 6 heteroatoms. The Bertz CT molecular complexity index is 439. The number of benzene rings is 1. The number of aryl methyl sites for hydroxylation is 1. The summed E-state index contributed by atoms with van der Waals surface area (Å²) in [6.07, 6.45) is 1.18. The molecule has 5 nitrogen and oxygen atoms in total. The molecule has 0 aliphatic rings. The van der Waals surface area contributed by atoms with Crippen LogP contribution in [0.4, 0.5) is 0 Å². The number of phosphoric ester groups is 1. The monoisotopic (exact) mass is 273 g/mol. The molecule has 0 heterocycles. The van der Waals surface area contributed by atoms with E-state index in [2.05, 4.69) is 5.32 Å². The van der Waals surface area contributed by atoms with Crippen LogP contribution < -0.4 is 5.32 Å². The van der Waals surface area contributed by atoms with Crippen molar-refractivity contribution in [2.24, 2.45) is 0 Å². The fraction of sp³-hybridized carbons (Fsp3) is 0.500. The second-order valence-corrected chi connectivity index (χ2v) is 5.19. The van der Waals surface area contributed by atoms with E-state index in [1.165, 1.54) is 0 Å². The van der Waals surface area contributed by atoms with Gasteiger partial charge in [0.15, 0.2) is 5.72 Å². The van der Waals surface area contributed by atoms with E-state index in [-0.39, 0.29) is 0 Å². The molecule has 0 saturated carbocycles. The van der Waals surface area contributed by atoms with E-state index in [1.54, 1.807) is 7.05 Å².